The van der Waals surface area contributed by atoms with E-state index in [0.717, 1.165) is 61.3 Å². The van der Waals surface area contributed by atoms with Crippen molar-refractivity contribution in [3.8, 4) is 67.5 Å². The van der Waals surface area contributed by atoms with Gasteiger partial charge in [-0.25, -0.2) is 0 Å². The van der Waals surface area contributed by atoms with Crippen molar-refractivity contribution in [2.45, 2.75) is 272 Å². The standard InChI is InChI=1S/C24H36OSi2.C24H38OSi2.C18H22OSi.2C18H24OSi.C12H8O.C12H10O/c1-7-26(8-2,9-3)21-17-13-15-19-20-16-14-18-22(24(20)25-23(19)21)27(10-4,11-5)12-6;1-7-26(8-2,9-3)21-16-13-15-20(19-21)22-17-14-18-23(24(22)25)27(10-4,11-5)12-6;1-4-20(5-2,6-3)17-13-9-11-15-14-10-7-8-12-16(14)19-18(15)17;1-4-20(5-2,6-3)16-11-9-10-15(14-16)17-12-7-8-13-18(17)19;1-4-20(5-2,6-3)17-14-10-13-16(18(17)19)15-11-8-7-9-12-15;1-3-7-11-9(5-1)10-6-2-4-8-12(10)13-11;13-12-9-5-4-8-11(12)10-6-2-1-3-7-10/h13-18H,7-12H2,1-6H3;13-19,25H,7-12H2,1-6H3;7-13H,4-6H2,1-3H3;2*7-14,19H,4-6H2,1-3H3;1-8H;1-9,13H. The van der Waals surface area contributed by atoms with Crippen molar-refractivity contribution in [3.05, 3.63) is 322 Å². The topological polar surface area (TPSA) is 120 Å². The fourth-order valence-electron chi connectivity index (χ4n) is 22.9. The van der Waals surface area contributed by atoms with Crippen LogP contribution >= 0.6 is 0 Å². The molecule has 7 nitrogen and oxygen atoms in total. The van der Waals surface area contributed by atoms with E-state index in [1.54, 1.807) is 27.7 Å². The number of phenols is 4. The minimum Gasteiger partial charge on any atom is -0.507 e. The van der Waals surface area contributed by atoms with E-state index in [9.17, 15) is 20.4 Å². The maximum atomic E-state index is 11.3. The number of fused-ring (bicyclic) bond motifs is 9. The highest BCUT2D eigenvalue weighted by molar-refractivity contribution is 6.96. The molecule has 0 saturated heterocycles. The fraction of sp³-hybridized carbons (Fsp3) is 0.333. The van der Waals surface area contributed by atoms with E-state index in [2.05, 4.69) is 327 Å². The van der Waals surface area contributed by atoms with Crippen LogP contribution in [0.25, 0.3) is 110 Å². The summed E-state index contributed by atoms with van der Waals surface area (Å²) in [6, 6.07) is 137. The van der Waals surface area contributed by atoms with Crippen molar-refractivity contribution >= 4 is 159 Å². The van der Waals surface area contributed by atoms with E-state index in [0.29, 0.717) is 23.0 Å². The molecule has 0 amide bonds. The van der Waals surface area contributed by atoms with Crippen LogP contribution in [-0.4, -0.2) is 76.9 Å². The molecule has 0 aliphatic carbocycles. The molecule has 0 spiro atoms. The van der Waals surface area contributed by atoms with Gasteiger partial charge in [0.1, 0.15) is 56.5 Å². The van der Waals surface area contributed by atoms with Crippen LogP contribution in [0.3, 0.4) is 0 Å². The summed E-state index contributed by atoms with van der Waals surface area (Å²) in [4.78, 5) is 0. The Morgan fingerprint density at radius 1 is 0.171 bits per heavy atom. The van der Waals surface area contributed by atoms with Gasteiger partial charge in [-0.1, -0.05) is 574 Å². The smallest absolute Gasteiger partial charge is 0.135 e. The summed E-state index contributed by atoms with van der Waals surface area (Å²) in [6.45, 7) is 49.1. The van der Waals surface area contributed by atoms with Crippen LogP contribution in [0.2, 0.25) is 127 Å². The molecule has 0 saturated carbocycles. The number of aromatic hydroxyl groups is 4. The highest BCUT2D eigenvalue weighted by Crippen LogP contribution is 2.41. The molecule has 4 N–H and O–H groups in total. The second-order valence-corrected chi connectivity index (χ2v) is 75.2. The van der Waals surface area contributed by atoms with E-state index < -0.39 is 56.5 Å². The van der Waals surface area contributed by atoms with Crippen LogP contribution in [0.15, 0.2) is 335 Å². The molecule has 140 heavy (non-hydrogen) atoms. The van der Waals surface area contributed by atoms with Gasteiger partial charge >= 0.3 is 0 Å². The van der Waals surface area contributed by atoms with Crippen molar-refractivity contribution in [2.24, 2.45) is 0 Å². The van der Waals surface area contributed by atoms with E-state index in [-0.39, 0.29) is 0 Å². The number of para-hydroxylation sites is 10. The minimum absolute atomic E-state index is 0.328. The number of phenolic OH excluding ortho intramolecular Hbond substituents is 4. The van der Waals surface area contributed by atoms with E-state index >= 15 is 0 Å². The van der Waals surface area contributed by atoms with Crippen LogP contribution < -0.4 is 36.3 Å². The largest absolute Gasteiger partial charge is 0.507 e. The molecule has 736 valence electrons. The molecule has 0 bridgehead atoms. The van der Waals surface area contributed by atoms with Crippen LogP contribution in [0, 0.1) is 0 Å². The quantitative estimate of drug-likeness (QED) is 0.0310. The Hall–Kier alpha value is -10.8. The average molecular weight is 1990 g/mol. The summed E-state index contributed by atoms with van der Waals surface area (Å²) in [7, 11) is -10.3. The molecule has 17 rings (SSSR count). The van der Waals surface area contributed by atoms with Crippen molar-refractivity contribution in [2.75, 3.05) is 0 Å². The van der Waals surface area contributed by atoms with Gasteiger partial charge in [-0.2, -0.15) is 0 Å². The lowest BCUT2D eigenvalue weighted by molar-refractivity contribution is 0.477. The summed E-state index contributed by atoms with van der Waals surface area (Å²) in [5.74, 6) is 1.75. The van der Waals surface area contributed by atoms with Crippen molar-refractivity contribution < 1.29 is 33.7 Å². The van der Waals surface area contributed by atoms with Crippen molar-refractivity contribution in [1.29, 1.82) is 0 Å². The van der Waals surface area contributed by atoms with Crippen LogP contribution in [0.5, 0.6) is 23.0 Å². The molecule has 14 aromatic carbocycles. The Bertz CT molecular complexity index is 6560. The molecule has 0 fully saturated rings. The molecule has 3 aromatic heterocycles. The molecule has 0 aliphatic heterocycles. The summed E-state index contributed by atoms with van der Waals surface area (Å²) < 4.78 is 18.7. The molecule has 14 heteroatoms. The first-order valence-electron chi connectivity index (χ1n) is 53.2. The third kappa shape index (κ3) is 23.2. The summed E-state index contributed by atoms with van der Waals surface area (Å²) >= 11 is 0. The number of hydrogen-bond donors (Lipinski definition) is 4. The van der Waals surface area contributed by atoms with E-state index in [4.69, 9.17) is 13.3 Å². The Morgan fingerprint density at radius 3 is 0.721 bits per heavy atom. The second-order valence-electron chi connectivity index (χ2n) is 38.6. The molecule has 0 unspecified atom stereocenters. The number of hydrogen-bond acceptors (Lipinski definition) is 7. The van der Waals surface area contributed by atoms with Crippen LogP contribution in [0.1, 0.15) is 145 Å². The summed E-state index contributed by atoms with van der Waals surface area (Å²) in [5, 5.41) is 59.4. The third-order valence-electron chi connectivity index (χ3n) is 33.9. The van der Waals surface area contributed by atoms with Gasteiger partial charge < -0.3 is 33.7 Å². The van der Waals surface area contributed by atoms with Gasteiger partial charge in [0.25, 0.3) is 0 Å². The minimum atomic E-state index is -1.61. The second kappa shape index (κ2) is 51.2. The van der Waals surface area contributed by atoms with Gasteiger partial charge in [-0.3, -0.25) is 0 Å². The molecule has 3 heterocycles. The van der Waals surface area contributed by atoms with Gasteiger partial charge in [0.05, 0.1) is 56.5 Å². The van der Waals surface area contributed by atoms with Gasteiger partial charge in [0.15, 0.2) is 0 Å². The monoisotopic (exact) mass is 1980 g/mol. The molecular formula is C126H162O7Si7. The average Bonchev–Trinajstić information content (AvgIpc) is 1.59. The summed E-state index contributed by atoms with van der Waals surface area (Å²) in [5.41, 5.74) is 14.7. The normalized spacial score (nSPS) is 11.9. The van der Waals surface area contributed by atoms with E-state index in [1.165, 1.54) is 197 Å². The highest BCUT2D eigenvalue weighted by atomic mass is 28.3. The van der Waals surface area contributed by atoms with Gasteiger partial charge in [-0.05, 0) is 78.5 Å². The van der Waals surface area contributed by atoms with Crippen molar-refractivity contribution in [1.82, 2.24) is 0 Å². The first-order chi connectivity index (χ1) is 68.0. The number of furan rings is 3. The first kappa shape index (κ1) is 110. The SMILES string of the molecule is CC[Si](CC)(CC)c1cccc(-c2cccc([Si](CC)(CC)CC)c2O)c1.CC[Si](CC)(CC)c1cccc(-c2ccccc2)c1O.CC[Si](CC)(CC)c1cccc(-c2ccccc2O)c1.CC[Si](CC)(CC)c1cccc2c1oc1c([Si](CC)(CC)CC)cccc12.CC[Si](CC)(CC)c1cccc2c1oc1ccccc12.Oc1ccccc1-c1ccccc1.c1ccc2c(c1)oc1ccccc12. The lowest BCUT2D eigenvalue weighted by Gasteiger charge is -2.31. The predicted octanol–water partition coefficient (Wildman–Crippen LogP) is 35.0. The highest BCUT2D eigenvalue weighted by Gasteiger charge is 2.39. The van der Waals surface area contributed by atoms with Crippen LogP contribution in [0.4, 0.5) is 0 Å². The third-order valence-corrected chi connectivity index (χ3v) is 73.1. The molecule has 0 radical (unpaired) electrons. The Balaban J connectivity index is 0.000000158. The van der Waals surface area contributed by atoms with Crippen LogP contribution in [-0.2, 0) is 0 Å². The maximum absolute atomic E-state index is 11.3. The lowest BCUT2D eigenvalue weighted by atomic mass is 10.0. The molecule has 0 atom stereocenters. The molecule has 0 aliphatic rings. The first-order valence-corrected chi connectivity index (χ1v) is 71.6. The maximum Gasteiger partial charge on any atom is 0.135 e. The fourth-order valence-corrected chi connectivity index (χ4v) is 49.0. The predicted molar refractivity (Wildman–Crippen MR) is 633 cm³/mol. The Morgan fingerprint density at radius 2 is 0.386 bits per heavy atom. The Labute approximate surface area is 847 Å². The van der Waals surface area contributed by atoms with Gasteiger partial charge in [0, 0.05) is 54.6 Å². The van der Waals surface area contributed by atoms with Gasteiger partial charge in [0.2, 0.25) is 0 Å². The number of rotatable bonds is 32. The zero-order valence-corrected chi connectivity index (χ0v) is 95.5. The lowest BCUT2D eigenvalue weighted by Crippen LogP contribution is -2.46. The Kier molecular flexibility index (Phi) is 40.1. The van der Waals surface area contributed by atoms with Gasteiger partial charge in [-0.15, -0.1) is 0 Å². The molecular weight excluding hydrogens is 1820 g/mol. The zero-order valence-electron chi connectivity index (χ0n) is 88.5. The van der Waals surface area contributed by atoms with Crippen molar-refractivity contribution in [3.63, 3.8) is 0 Å². The zero-order chi connectivity index (χ0) is 101. The number of benzene rings is 14. The summed E-state index contributed by atoms with van der Waals surface area (Å²) in [6.07, 6.45) is 0. The molecule has 17 aromatic rings. The van der Waals surface area contributed by atoms with E-state index in [1.807, 2.05) is 127 Å².